The summed E-state index contributed by atoms with van der Waals surface area (Å²) in [6.07, 6.45) is 1.76. The van der Waals surface area contributed by atoms with E-state index in [1.807, 2.05) is 0 Å². The number of benzene rings is 1. The fourth-order valence-electron chi connectivity index (χ4n) is 2.23. The molecule has 1 aromatic rings. The molecule has 0 aromatic heterocycles. The van der Waals surface area contributed by atoms with E-state index >= 15 is 0 Å². The van der Waals surface area contributed by atoms with Crippen molar-refractivity contribution in [3.05, 3.63) is 29.6 Å². The van der Waals surface area contributed by atoms with Crippen molar-refractivity contribution in [1.29, 1.82) is 0 Å². The molecule has 1 aromatic carbocycles. The molecule has 1 aliphatic rings. The zero-order valence-electron chi connectivity index (χ0n) is 10.1. The van der Waals surface area contributed by atoms with Crippen molar-refractivity contribution in [3.8, 4) is 5.75 Å². The molecule has 0 bridgehead atoms. The number of piperidine rings is 1. The van der Waals surface area contributed by atoms with Crippen molar-refractivity contribution in [2.24, 2.45) is 11.7 Å². The van der Waals surface area contributed by atoms with Gasteiger partial charge in [-0.15, -0.1) is 0 Å². The molecule has 2 rings (SSSR count). The third kappa shape index (κ3) is 2.61. The Morgan fingerprint density at radius 3 is 2.67 bits per heavy atom. The Balaban J connectivity index is 2.08. The normalized spacial score (nSPS) is 16.9. The van der Waals surface area contributed by atoms with Crippen LogP contribution in [0, 0.1) is 11.7 Å². The van der Waals surface area contributed by atoms with Crippen molar-refractivity contribution >= 4 is 5.91 Å². The van der Waals surface area contributed by atoms with Gasteiger partial charge in [-0.05, 0) is 37.4 Å². The van der Waals surface area contributed by atoms with E-state index in [0.29, 0.717) is 25.6 Å². The van der Waals surface area contributed by atoms with Crippen LogP contribution in [0.15, 0.2) is 18.2 Å². The molecule has 4 nitrogen and oxygen atoms in total. The number of hydrogen-bond acceptors (Lipinski definition) is 3. The Morgan fingerprint density at radius 2 is 2.11 bits per heavy atom. The molecule has 98 valence electrons. The molecule has 5 heteroatoms. The van der Waals surface area contributed by atoms with Crippen molar-refractivity contribution in [1.82, 2.24) is 4.90 Å². The summed E-state index contributed by atoms with van der Waals surface area (Å²) in [6.45, 7) is 1.92. The number of phenols is 1. The van der Waals surface area contributed by atoms with Gasteiger partial charge in [0.25, 0.3) is 5.91 Å². The van der Waals surface area contributed by atoms with Crippen LogP contribution in [-0.4, -0.2) is 35.5 Å². The second-order valence-electron chi connectivity index (χ2n) is 4.63. The van der Waals surface area contributed by atoms with Crippen molar-refractivity contribution in [2.45, 2.75) is 12.8 Å². The highest BCUT2D eigenvalue weighted by molar-refractivity contribution is 5.96. The molecule has 18 heavy (non-hydrogen) atoms. The Bertz CT molecular complexity index is 443. The molecule has 0 saturated carbocycles. The maximum atomic E-state index is 12.9. The summed E-state index contributed by atoms with van der Waals surface area (Å²) in [7, 11) is 0. The smallest absolute Gasteiger partial charge is 0.257 e. The van der Waals surface area contributed by atoms with Gasteiger partial charge in [0.2, 0.25) is 0 Å². The van der Waals surface area contributed by atoms with Crippen LogP contribution < -0.4 is 5.73 Å². The van der Waals surface area contributed by atoms with Crippen LogP contribution in [0.4, 0.5) is 4.39 Å². The van der Waals surface area contributed by atoms with Crippen LogP contribution in [0.1, 0.15) is 23.2 Å². The first-order valence-corrected chi connectivity index (χ1v) is 6.09. The van der Waals surface area contributed by atoms with Crippen molar-refractivity contribution < 1.29 is 14.3 Å². The minimum atomic E-state index is -0.550. The standard InChI is InChI=1S/C13H17FN2O2/c14-10-1-2-11(12(17)7-10)13(18)16-5-3-9(8-15)4-6-16/h1-2,7,9,17H,3-6,8,15H2. The lowest BCUT2D eigenvalue weighted by Crippen LogP contribution is -2.40. The first-order valence-electron chi connectivity index (χ1n) is 6.09. The zero-order chi connectivity index (χ0) is 13.1. The SMILES string of the molecule is NCC1CCN(C(=O)c2ccc(F)cc2O)CC1. The average molecular weight is 252 g/mol. The third-order valence-corrected chi connectivity index (χ3v) is 3.43. The number of aromatic hydroxyl groups is 1. The third-order valence-electron chi connectivity index (χ3n) is 3.43. The topological polar surface area (TPSA) is 66.6 Å². The number of carbonyl (C=O) groups excluding carboxylic acids is 1. The molecule has 1 heterocycles. The number of likely N-dealkylation sites (tertiary alicyclic amines) is 1. The van der Waals surface area contributed by atoms with Gasteiger partial charge in [-0.3, -0.25) is 4.79 Å². The maximum absolute atomic E-state index is 12.9. The number of rotatable bonds is 2. The Kier molecular flexibility index (Phi) is 3.81. The molecular formula is C13H17FN2O2. The lowest BCUT2D eigenvalue weighted by atomic mass is 9.96. The second-order valence-corrected chi connectivity index (χ2v) is 4.63. The Hall–Kier alpha value is -1.62. The second kappa shape index (κ2) is 5.35. The summed E-state index contributed by atoms with van der Waals surface area (Å²) >= 11 is 0. The average Bonchev–Trinajstić information content (AvgIpc) is 2.38. The summed E-state index contributed by atoms with van der Waals surface area (Å²) in [5.74, 6) is -0.634. The molecule has 3 N–H and O–H groups in total. The van der Waals surface area contributed by atoms with Gasteiger partial charge < -0.3 is 15.7 Å². The number of amides is 1. The minimum absolute atomic E-state index is 0.155. The number of halogens is 1. The van der Waals surface area contributed by atoms with Crippen LogP contribution >= 0.6 is 0 Å². The minimum Gasteiger partial charge on any atom is -0.507 e. The van der Waals surface area contributed by atoms with E-state index < -0.39 is 5.82 Å². The van der Waals surface area contributed by atoms with Crippen molar-refractivity contribution in [2.75, 3.05) is 19.6 Å². The van der Waals surface area contributed by atoms with Crippen LogP contribution in [0.5, 0.6) is 5.75 Å². The Morgan fingerprint density at radius 1 is 1.44 bits per heavy atom. The zero-order valence-corrected chi connectivity index (χ0v) is 10.1. The maximum Gasteiger partial charge on any atom is 0.257 e. The number of carbonyl (C=O) groups is 1. The van der Waals surface area contributed by atoms with E-state index in [4.69, 9.17) is 5.73 Å². The monoisotopic (exact) mass is 252 g/mol. The van der Waals surface area contributed by atoms with E-state index in [1.165, 1.54) is 12.1 Å². The van der Waals surface area contributed by atoms with Crippen LogP contribution in [0.25, 0.3) is 0 Å². The number of hydrogen-bond donors (Lipinski definition) is 2. The van der Waals surface area contributed by atoms with E-state index in [9.17, 15) is 14.3 Å². The molecule has 0 spiro atoms. The molecule has 0 aliphatic carbocycles. The van der Waals surface area contributed by atoms with Crippen LogP contribution in [0.2, 0.25) is 0 Å². The van der Waals surface area contributed by atoms with Gasteiger partial charge in [-0.2, -0.15) is 0 Å². The summed E-state index contributed by atoms with van der Waals surface area (Å²) < 4.78 is 12.9. The molecule has 0 radical (unpaired) electrons. The van der Waals surface area contributed by atoms with E-state index in [1.54, 1.807) is 4.90 Å². The first kappa shape index (κ1) is 12.8. The first-order chi connectivity index (χ1) is 8.61. The van der Waals surface area contributed by atoms with E-state index in [2.05, 4.69) is 0 Å². The number of phenolic OH excluding ortho intramolecular Hbond substituents is 1. The predicted octanol–water partition coefficient (Wildman–Crippen LogP) is 1.34. The fraction of sp³-hybridized carbons (Fsp3) is 0.462. The molecule has 1 fully saturated rings. The van der Waals surface area contributed by atoms with Gasteiger partial charge in [-0.25, -0.2) is 4.39 Å². The highest BCUT2D eigenvalue weighted by Gasteiger charge is 2.24. The van der Waals surface area contributed by atoms with Gasteiger partial charge in [0.05, 0.1) is 5.56 Å². The molecular weight excluding hydrogens is 235 g/mol. The lowest BCUT2D eigenvalue weighted by molar-refractivity contribution is 0.0690. The number of nitrogens with two attached hydrogens (primary N) is 1. The molecule has 1 aliphatic heterocycles. The molecule has 0 unspecified atom stereocenters. The van der Waals surface area contributed by atoms with Crippen molar-refractivity contribution in [3.63, 3.8) is 0 Å². The summed E-state index contributed by atoms with van der Waals surface area (Å²) in [5.41, 5.74) is 5.75. The van der Waals surface area contributed by atoms with Gasteiger partial charge >= 0.3 is 0 Å². The van der Waals surface area contributed by atoms with Gasteiger partial charge in [0.1, 0.15) is 11.6 Å². The Labute approximate surface area is 105 Å². The van der Waals surface area contributed by atoms with E-state index in [0.717, 1.165) is 18.9 Å². The lowest BCUT2D eigenvalue weighted by Gasteiger charge is -2.31. The van der Waals surface area contributed by atoms with Crippen LogP contribution in [0.3, 0.4) is 0 Å². The van der Waals surface area contributed by atoms with Crippen LogP contribution in [-0.2, 0) is 0 Å². The quantitative estimate of drug-likeness (QED) is 0.834. The fourth-order valence-corrected chi connectivity index (χ4v) is 2.23. The van der Waals surface area contributed by atoms with Gasteiger partial charge in [-0.1, -0.05) is 0 Å². The van der Waals surface area contributed by atoms with Gasteiger partial charge in [0.15, 0.2) is 0 Å². The molecule has 1 amide bonds. The summed E-state index contributed by atoms with van der Waals surface area (Å²) in [5, 5.41) is 9.58. The van der Waals surface area contributed by atoms with Gasteiger partial charge in [0, 0.05) is 19.2 Å². The summed E-state index contributed by atoms with van der Waals surface area (Å²) in [6, 6.07) is 3.46. The largest absolute Gasteiger partial charge is 0.507 e. The highest BCUT2D eigenvalue weighted by atomic mass is 19.1. The highest BCUT2D eigenvalue weighted by Crippen LogP contribution is 2.23. The predicted molar refractivity (Wildman–Crippen MR) is 65.7 cm³/mol. The summed E-state index contributed by atoms with van der Waals surface area (Å²) in [4.78, 5) is 13.8. The molecule has 1 saturated heterocycles. The van der Waals surface area contributed by atoms with E-state index in [-0.39, 0.29) is 17.2 Å². The number of nitrogens with zero attached hydrogens (tertiary/aromatic N) is 1. The molecule has 0 atom stereocenters.